The summed E-state index contributed by atoms with van der Waals surface area (Å²) >= 11 is 0. The van der Waals surface area contributed by atoms with Crippen molar-refractivity contribution >= 4 is 17.5 Å². The van der Waals surface area contributed by atoms with Gasteiger partial charge in [-0.3, -0.25) is 9.59 Å². The molecule has 0 aliphatic rings. The first-order valence-electron chi connectivity index (χ1n) is 7.27. The second-order valence-corrected chi connectivity index (χ2v) is 5.04. The highest BCUT2D eigenvalue weighted by molar-refractivity contribution is 5.95. The summed E-state index contributed by atoms with van der Waals surface area (Å²) in [6, 6.07) is 7.15. The van der Waals surface area contributed by atoms with Crippen LogP contribution in [0.3, 0.4) is 0 Å². The van der Waals surface area contributed by atoms with Gasteiger partial charge in [-0.25, -0.2) is 0 Å². The number of hydrogen-bond acceptors (Lipinski definition) is 2. The van der Waals surface area contributed by atoms with Crippen molar-refractivity contribution in [3.05, 3.63) is 29.8 Å². The Bertz CT molecular complexity index is 440. The van der Waals surface area contributed by atoms with Crippen LogP contribution in [-0.4, -0.2) is 17.9 Å². The molecular formula is C16H24N2O2. The van der Waals surface area contributed by atoms with E-state index in [4.69, 9.17) is 0 Å². The fourth-order valence-corrected chi connectivity index (χ4v) is 1.97. The number of amides is 2. The molecule has 0 bridgehead atoms. The van der Waals surface area contributed by atoms with Crippen molar-refractivity contribution in [2.75, 3.05) is 5.32 Å². The molecule has 0 radical (unpaired) electrons. The predicted octanol–water partition coefficient (Wildman–Crippen LogP) is 3.34. The molecule has 1 rings (SSSR count). The Balaban J connectivity index is 2.57. The molecule has 1 atom stereocenters. The number of anilines is 1. The summed E-state index contributed by atoms with van der Waals surface area (Å²) in [5.74, 6) is -0.0707. The lowest BCUT2D eigenvalue weighted by Crippen LogP contribution is -2.32. The van der Waals surface area contributed by atoms with Gasteiger partial charge in [0.25, 0.3) is 5.91 Å². The van der Waals surface area contributed by atoms with Crippen LogP contribution in [0.25, 0.3) is 0 Å². The number of carbonyl (C=O) groups is 2. The SMILES string of the molecule is CCCC(=O)Nc1ccc(C(=O)NC(C)CCC)cc1. The molecular weight excluding hydrogens is 252 g/mol. The minimum atomic E-state index is -0.0719. The first-order chi connectivity index (χ1) is 9.56. The molecule has 1 aromatic carbocycles. The second-order valence-electron chi connectivity index (χ2n) is 5.04. The maximum absolute atomic E-state index is 12.0. The van der Waals surface area contributed by atoms with Gasteiger partial charge in [0.05, 0.1) is 0 Å². The summed E-state index contributed by atoms with van der Waals surface area (Å²) in [6.07, 6.45) is 3.35. The highest BCUT2D eigenvalue weighted by atomic mass is 16.2. The van der Waals surface area contributed by atoms with E-state index in [0.29, 0.717) is 12.0 Å². The Kier molecular flexibility index (Phi) is 6.77. The Morgan fingerprint density at radius 3 is 2.30 bits per heavy atom. The lowest BCUT2D eigenvalue weighted by molar-refractivity contribution is -0.116. The molecule has 0 aromatic heterocycles. The van der Waals surface area contributed by atoms with Gasteiger partial charge in [-0.1, -0.05) is 20.3 Å². The van der Waals surface area contributed by atoms with E-state index < -0.39 is 0 Å². The topological polar surface area (TPSA) is 58.2 Å². The zero-order valence-corrected chi connectivity index (χ0v) is 12.5. The maximum atomic E-state index is 12.0. The van der Waals surface area contributed by atoms with Gasteiger partial charge in [-0.2, -0.15) is 0 Å². The lowest BCUT2D eigenvalue weighted by Gasteiger charge is -2.13. The largest absolute Gasteiger partial charge is 0.350 e. The molecule has 4 nitrogen and oxygen atoms in total. The number of nitrogens with one attached hydrogen (secondary N) is 2. The zero-order chi connectivity index (χ0) is 15.0. The molecule has 1 unspecified atom stereocenters. The second kappa shape index (κ2) is 8.35. The minimum absolute atomic E-state index is 0.00118. The smallest absolute Gasteiger partial charge is 0.251 e. The van der Waals surface area contributed by atoms with E-state index >= 15 is 0 Å². The van der Waals surface area contributed by atoms with Crippen LogP contribution in [0.4, 0.5) is 5.69 Å². The van der Waals surface area contributed by atoms with Crippen LogP contribution in [0.2, 0.25) is 0 Å². The van der Waals surface area contributed by atoms with E-state index in [1.54, 1.807) is 24.3 Å². The van der Waals surface area contributed by atoms with Gasteiger partial charge in [0, 0.05) is 23.7 Å². The molecule has 2 N–H and O–H groups in total. The van der Waals surface area contributed by atoms with Crippen molar-refractivity contribution < 1.29 is 9.59 Å². The van der Waals surface area contributed by atoms with Gasteiger partial charge in [0.2, 0.25) is 5.91 Å². The van der Waals surface area contributed by atoms with E-state index in [9.17, 15) is 9.59 Å². The highest BCUT2D eigenvalue weighted by Gasteiger charge is 2.09. The molecule has 0 fully saturated rings. The summed E-state index contributed by atoms with van der Waals surface area (Å²) in [4.78, 5) is 23.4. The average molecular weight is 276 g/mol. The van der Waals surface area contributed by atoms with Crippen molar-refractivity contribution in [1.29, 1.82) is 0 Å². The molecule has 20 heavy (non-hydrogen) atoms. The first-order valence-corrected chi connectivity index (χ1v) is 7.27. The number of carbonyl (C=O) groups excluding carboxylic acids is 2. The molecule has 0 saturated heterocycles. The van der Waals surface area contributed by atoms with Crippen molar-refractivity contribution in [1.82, 2.24) is 5.32 Å². The van der Waals surface area contributed by atoms with E-state index in [1.165, 1.54) is 0 Å². The van der Waals surface area contributed by atoms with Crippen LogP contribution in [0.1, 0.15) is 56.8 Å². The van der Waals surface area contributed by atoms with Gasteiger partial charge < -0.3 is 10.6 Å². The first kappa shape index (κ1) is 16.2. The molecule has 110 valence electrons. The van der Waals surface area contributed by atoms with Crippen LogP contribution < -0.4 is 10.6 Å². The van der Waals surface area contributed by atoms with Gasteiger partial charge in [0.15, 0.2) is 0 Å². The van der Waals surface area contributed by atoms with Gasteiger partial charge in [-0.05, 0) is 44.0 Å². The molecule has 0 spiro atoms. The zero-order valence-electron chi connectivity index (χ0n) is 12.5. The molecule has 1 aromatic rings. The average Bonchev–Trinajstić information content (AvgIpc) is 2.39. The maximum Gasteiger partial charge on any atom is 0.251 e. The van der Waals surface area contributed by atoms with Gasteiger partial charge >= 0.3 is 0 Å². The van der Waals surface area contributed by atoms with Crippen LogP contribution in [-0.2, 0) is 4.79 Å². The molecule has 0 aliphatic heterocycles. The van der Waals surface area contributed by atoms with Gasteiger partial charge in [-0.15, -0.1) is 0 Å². The van der Waals surface area contributed by atoms with Crippen molar-refractivity contribution in [2.24, 2.45) is 0 Å². The van der Waals surface area contributed by atoms with E-state index in [-0.39, 0.29) is 17.9 Å². The van der Waals surface area contributed by atoms with Crippen LogP contribution in [0.5, 0.6) is 0 Å². The third-order valence-electron chi connectivity index (χ3n) is 3.01. The summed E-state index contributed by atoms with van der Waals surface area (Å²) in [6.45, 7) is 6.06. The third kappa shape index (κ3) is 5.43. The molecule has 2 amide bonds. The normalized spacial score (nSPS) is 11.8. The van der Waals surface area contributed by atoms with E-state index in [0.717, 1.165) is 24.9 Å². The third-order valence-corrected chi connectivity index (χ3v) is 3.01. The Morgan fingerprint density at radius 1 is 1.10 bits per heavy atom. The summed E-state index contributed by atoms with van der Waals surface area (Å²) in [7, 11) is 0. The monoisotopic (exact) mass is 276 g/mol. The Hall–Kier alpha value is -1.84. The predicted molar refractivity (Wildman–Crippen MR) is 81.8 cm³/mol. The summed E-state index contributed by atoms with van der Waals surface area (Å²) in [5.41, 5.74) is 1.34. The quantitative estimate of drug-likeness (QED) is 0.802. The number of hydrogen-bond donors (Lipinski definition) is 2. The van der Waals surface area contributed by atoms with Gasteiger partial charge in [0.1, 0.15) is 0 Å². The number of rotatable bonds is 7. The van der Waals surface area contributed by atoms with Crippen LogP contribution in [0.15, 0.2) is 24.3 Å². The minimum Gasteiger partial charge on any atom is -0.350 e. The number of benzene rings is 1. The molecule has 4 heteroatoms. The van der Waals surface area contributed by atoms with Crippen LogP contribution >= 0.6 is 0 Å². The summed E-state index contributed by atoms with van der Waals surface area (Å²) < 4.78 is 0. The molecule has 0 aliphatic carbocycles. The van der Waals surface area contributed by atoms with Crippen molar-refractivity contribution in [2.45, 2.75) is 52.5 Å². The van der Waals surface area contributed by atoms with E-state index in [2.05, 4.69) is 17.6 Å². The highest BCUT2D eigenvalue weighted by Crippen LogP contribution is 2.10. The summed E-state index contributed by atoms with van der Waals surface area (Å²) in [5, 5.41) is 5.75. The fourth-order valence-electron chi connectivity index (χ4n) is 1.97. The Morgan fingerprint density at radius 2 is 1.75 bits per heavy atom. The molecule has 0 heterocycles. The van der Waals surface area contributed by atoms with Crippen molar-refractivity contribution in [3.63, 3.8) is 0 Å². The van der Waals surface area contributed by atoms with Crippen molar-refractivity contribution in [3.8, 4) is 0 Å². The molecule has 0 saturated carbocycles. The lowest BCUT2D eigenvalue weighted by atomic mass is 10.1. The Labute approximate surface area is 121 Å². The van der Waals surface area contributed by atoms with E-state index in [1.807, 2.05) is 13.8 Å². The standard InChI is InChI=1S/C16H24N2O2/c1-4-6-12(3)17-16(20)13-8-10-14(11-9-13)18-15(19)7-5-2/h8-12H,4-7H2,1-3H3,(H,17,20)(H,18,19). The van der Waals surface area contributed by atoms with Crippen LogP contribution in [0, 0.1) is 0 Å². The fraction of sp³-hybridized carbons (Fsp3) is 0.500.